The van der Waals surface area contributed by atoms with Crippen LogP contribution in [0.5, 0.6) is 0 Å². The monoisotopic (exact) mass is 428 g/mol. The van der Waals surface area contributed by atoms with E-state index in [0.29, 0.717) is 4.91 Å². The first-order valence-electron chi connectivity index (χ1n) is 10.7. The van der Waals surface area contributed by atoms with Crippen molar-refractivity contribution in [1.29, 1.82) is 0 Å². The van der Waals surface area contributed by atoms with Crippen LogP contribution in [-0.4, -0.2) is 29.1 Å². The molecule has 156 valence electrons. The summed E-state index contributed by atoms with van der Waals surface area (Å²) in [4.78, 5) is 30.0. The molecule has 0 atom stereocenters. The summed E-state index contributed by atoms with van der Waals surface area (Å²) in [5.41, 5.74) is 4.31. The van der Waals surface area contributed by atoms with Crippen molar-refractivity contribution in [2.45, 2.75) is 26.3 Å². The molecule has 5 heteroatoms. The Morgan fingerprint density at radius 1 is 0.968 bits per heavy atom. The van der Waals surface area contributed by atoms with Gasteiger partial charge in [0.25, 0.3) is 11.1 Å². The van der Waals surface area contributed by atoms with Crippen LogP contribution in [0.25, 0.3) is 16.8 Å². The highest BCUT2D eigenvalue weighted by atomic mass is 32.2. The van der Waals surface area contributed by atoms with E-state index in [4.69, 9.17) is 0 Å². The van der Waals surface area contributed by atoms with Gasteiger partial charge in [-0.25, -0.2) is 0 Å². The number of fused-ring (bicyclic) bond motifs is 1. The van der Waals surface area contributed by atoms with Gasteiger partial charge in [0.1, 0.15) is 0 Å². The highest BCUT2D eigenvalue weighted by Gasteiger charge is 2.35. The molecule has 0 unspecified atom stereocenters. The van der Waals surface area contributed by atoms with Crippen molar-refractivity contribution in [1.82, 2.24) is 4.90 Å². The fraction of sp³-hybridized carbons (Fsp3) is 0.231. The number of carbonyl (C=O) groups is 2. The summed E-state index contributed by atoms with van der Waals surface area (Å²) >= 11 is 1.03. The molecular formula is C26H24N2O2S. The highest BCUT2D eigenvalue weighted by molar-refractivity contribution is 8.18. The largest absolute Gasteiger partial charge is 0.372 e. The minimum atomic E-state index is -0.217. The Hall–Kier alpha value is -3.05. The fourth-order valence-electron chi connectivity index (χ4n) is 4.37. The molecule has 3 aromatic carbocycles. The van der Waals surface area contributed by atoms with Crippen LogP contribution in [0.2, 0.25) is 0 Å². The van der Waals surface area contributed by atoms with E-state index in [9.17, 15) is 9.59 Å². The molecule has 2 heterocycles. The van der Waals surface area contributed by atoms with Crippen LogP contribution >= 0.6 is 11.8 Å². The Balaban J connectivity index is 1.39. The van der Waals surface area contributed by atoms with Gasteiger partial charge >= 0.3 is 0 Å². The van der Waals surface area contributed by atoms with Gasteiger partial charge in [-0.3, -0.25) is 14.5 Å². The first-order chi connectivity index (χ1) is 15.1. The molecular weight excluding hydrogens is 404 g/mol. The van der Waals surface area contributed by atoms with Gasteiger partial charge in [0.15, 0.2) is 0 Å². The zero-order chi connectivity index (χ0) is 21.4. The van der Waals surface area contributed by atoms with Gasteiger partial charge in [-0.15, -0.1) is 0 Å². The Morgan fingerprint density at radius 3 is 2.55 bits per heavy atom. The summed E-state index contributed by atoms with van der Waals surface area (Å²) in [6, 6.07) is 20.4. The first kappa shape index (κ1) is 19.9. The van der Waals surface area contributed by atoms with Crippen molar-refractivity contribution in [2.24, 2.45) is 0 Å². The molecule has 0 aliphatic carbocycles. The molecule has 2 amide bonds. The van der Waals surface area contributed by atoms with Gasteiger partial charge in [0.05, 0.1) is 11.4 Å². The molecule has 2 aliphatic heterocycles. The van der Waals surface area contributed by atoms with Gasteiger partial charge in [0, 0.05) is 18.8 Å². The third-order valence-electron chi connectivity index (χ3n) is 6.09. The Kier molecular flexibility index (Phi) is 5.28. The molecule has 0 aromatic heterocycles. The Labute approximate surface area is 186 Å². The van der Waals surface area contributed by atoms with Crippen LogP contribution in [0.15, 0.2) is 65.6 Å². The highest BCUT2D eigenvalue weighted by Crippen LogP contribution is 2.35. The number of aryl methyl sites for hydroxylation is 1. The molecule has 31 heavy (non-hydrogen) atoms. The molecule has 0 saturated carbocycles. The summed E-state index contributed by atoms with van der Waals surface area (Å²) in [6.07, 6.45) is 4.34. The minimum Gasteiger partial charge on any atom is -0.372 e. The van der Waals surface area contributed by atoms with E-state index in [0.717, 1.165) is 52.3 Å². The van der Waals surface area contributed by atoms with Crippen LogP contribution in [0.4, 0.5) is 10.5 Å². The van der Waals surface area contributed by atoms with Crippen LogP contribution in [0.1, 0.15) is 29.5 Å². The molecule has 5 rings (SSSR count). The van der Waals surface area contributed by atoms with Crippen molar-refractivity contribution in [3.8, 4) is 0 Å². The number of nitrogens with zero attached hydrogens (tertiary/aromatic N) is 2. The van der Waals surface area contributed by atoms with E-state index < -0.39 is 0 Å². The van der Waals surface area contributed by atoms with Gasteiger partial charge in [-0.1, -0.05) is 48.5 Å². The van der Waals surface area contributed by atoms with E-state index in [1.807, 2.05) is 48.5 Å². The quantitative estimate of drug-likeness (QED) is 0.479. The lowest BCUT2D eigenvalue weighted by Gasteiger charge is -2.18. The maximum atomic E-state index is 13.1. The maximum absolute atomic E-state index is 13.1. The minimum absolute atomic E-state index is 0.212. The average Bonchev–Trinajstić information content (AvgIpc) is 3.40. The third kappa shape index (κ3) is 3.86. The molecule has 0 spiro atoms. The van der Waals surface area contributed by atoms with Gasteiger partial charge in [-0.2, -0.15) is 0 Å². The van der Waals surface area contributed by atoms with Crippen LogP contribution in [-0.2, 0) is 11.3 Å². The normalized spacial score (nSPS) is 18.0. The number of rotatable bonds is 4. The Bertz CT molecular complexity index is 1210. The zero-order valence-corrected chi connectivity index (χ0v) is 18.3. The maximum Gasteiger partial charge on any atom is 0.293 e. The molecule has 2 saturated heterocycles. The number of hydrogen-bond acceptors (Lipinski definition) is 4. The molecule has 0 radical (unpaired) electrons. The number of anilines is 1. The predicted octanol–water partition coefficient (Wildman–Crippen LogP) is 5.98. The van der Waals surface area contributed by atoms with Crippen molar-refractivity contribution in [2.75, 3.05) is 18.0 Å². The van der Waals surface area contributed by atoms with Crippen molar-refractivity contribution in [3.05, 3.63) is 82.3 Å². The van der Waals surface area contributed by atoms with Crippen molar-refractivity contribution < 1.29 is 9.59 Å². The molecule has 2 aliphatic rings. The number of hydrogen-bond donors (Lipinski definition) is 0. The van der Waals surface area contributed by atoms with E-state index in [1.165, 1.54) is 23.4 Å². The Morgan fingerprint density at radius 2 is 1.74 bits per heavy atom. The standard InChI is InChI=1S/C26H24N2O2S/c1-18-15-22(27-13-4-5-14-27)12-11-20(18)16-24-25(29)28(26(30)31-24)17-21-9-6-8-19-7-2-3-10-23(19)21/h2-3,6-12,15-16H,4-5,13-14,17H2,1H3/b24-16+. The van der Waals surface area contributed by atoms with E-state index in [1.54, 1.807) is 0 Å². The van der Waals surface area contributed by atoms with Crippen LogP contribution in [0, 0.1) is 6.92 Å². The fourth-order valence-corrected chi connectivity index (χ4v) is 5.20. The number of thioether (sulfide) groups is 1. The van der Waals surface area contributed by atoms with E-state index in [-0.39, 0.29) is 17.7 Å². The topological polar surface area (TPSA) is 40.6 Å². The summed E-state index contributed by atoms with van der Waals surface area (Å²) < 4.78 is 0. The average molecular weight is 429 g/mol. The number of carbonyl (C=O) groups excluding carboxylic acids is 2. The number of amides is 2. The summed E-state index contributed by atoms with van der Waals surface area (Å²) in [7, 11) is 0. The summed E-state index contributed by atoms with van der Waals surface area (Å²) in [5, 5.41) is 1.97. The SMILES string of the molecule is Cc1cc(N2CCCC2)ccc1/C=C1/SC(=O)N(Cc2cccc3ccccc23)C1=O. The lowest BCUT2D eigenvalue weighted by molar-refractivity contribution is -0.123. The van der Waals surface area contributed by atoms with E-state index in [2.05, 4.69) is 30.0 Å². The second kappa shape index (κ2) is 8.23. The zero-order valence-electron chi connectivity index (χ0n) is 17.5. The molecule has 0 bridgehead atoms. The van der Waals surface area contributed by atoms with Crippen LogP contribution in [0.3, 0.4) is 0 Å². The van der Waals surface area contributed by atoms with Gasteiger partial charge in [-0.05, 0) is 77.2 Å². The van der Waals surface area contributed by atoms with E-state index >= 15 is 0 Å². The first-order valence-corrected chi connectivity index (χ1v) is 11.5. The van der Waals surface area contributed by atoms with Crippen molar-refractivity contribution in [3.63, 3.8) is 0 Å². The third-order valence-corrected chi connectivity index (χ3v) is 7.00. The lowest BCUT2D eigenvalue weighted by atomic mass is 10.0. The van der Waals surface area contributed by atoms with Gasteiger partial charge < -0.3 is 4.90 Å². The smallest absolute Gasteiger partial charge is 0.293 e. The lowest BCUT2D eigenvalue weighted by Crippen LogP contribution is -2.27. The predicted molar refractivity (Wildman–Crippen MR) is 128 cm³/mol. The van der Waals surface area contributed by atoms with Gasteiger partial charge in [0.2, 0.25) is 0 Å². The second-order valence-electron chi connectivity index (χ2n) is 8.14. The second-order valence-corrected chi connectivity index (χ2v) is 9.13. The number of imide groups is 1. The summed E-state index contributed by atoms with van der Waals surface area (Å²) in [5.74, 6) is -0.217. The molecule has 0 N–H and O–H groups in total. The molecule has 4 nitrogen and oxygen atoms in total. The van der Waals surface area contributed by atoms with Crippen LogP contribution < -0.4 is 4.90 Å². The molecule has 3 aromatic rings. The molecule has 2 fully saturated rings. The number of benzene rings is 3. The van der Waals surface area contributed by atoms with Crippen molar-refractivity contribution >= 4 is 45.4 Å². The summed E-state index contributed by atoms with van der Waals surface area (Å²) in [6.45, 7) is 4.56.